The van der Waals surface area contributed by atoms with Crippen molar-refractivity contribution in [1.29, 1.82) is 0 Å². The molecule has 1 unspecified atom stereocenters. The summed E-state index contributed by atoms with van der Waals surface area (Å²) in [5.74, 6) is 0. The number of rotatable bonds is 3. The van der Waals surface area contributed by atoms with Crippen molar-refractivity contribution in [3.63, 3.8) is 0 Å². The van der Waals surface area contributed by atoms with E-state index in [-0.39, 0.29) is 29.6 Å². The van der Waals surface area contributed by atoms with Gasteiger partial charge in [-0.1, -0.05) is 25.5 Å². The van der Waals surface area contributed by atoms with Crippen LogP contribution in [0, 0.1) is 0 Å². The molecular formula is C9H13NaO2S. The van der Waals surface area contributed by atoms with Crippen LogP contribution in [0.25, 0.3) is 0 Å². The van der Waals surface area contributed by atoms with E-state index < -0.39 is 11.1 Å². The molecule has 0 aliphatic rings. The molecule has 13 heavy (non-hydrogen) atoms. The van der Waals surface area contributed by atoms with Crippen molar-refractivity contribution in [3.8, 4) is 0 Å². The zero-order valence-electron chi connectivity index (χ0n) is 6.99. The first kappa shape index (κ1) is 13.3. The third kappa shape index (κ3) is 4.38. The number of aryl methyl sites for hydroxylation is 1. The van der Waals surface area contributed by atoms with Gasteiger partial charge in [0.1, 0.15) is 0 Å². The summed E-state index contributed by atoms with van der Waals surface area (Å²) in [7, 11) is 0. The number of benzene rings is 1. The second kappa shape index (κ2) is 6.74. The molecule has 0 aliphatic heterocycles. The average molecular weight is 208 g/mol. The third-order valence-corrected chi connectivity index (χ3v) is 2.34. The van der Waals surface area contributed by atoms with Crippen LogP contribution in [0.15, 0.2) is 29.2 Å². The van der Waals surface area contributed by atoms with Gasteiger partial charge in [-0.05, 0) is 24.1 Å². The van der Waals surface area contributed by atoms with Crippen LogP contribution in [-0.2, 0) is 17.5 Å². The second-order valence-electron chi connectivity index (χ2n) is 2.64. The van der Waals surface area contributed by atoms with Crippen LogP contribution in [0.1, 0.15) is 18.9 Å². The molecular weight excluding hydrogens is 195 g/mol. The summed E-state index contributed by atoms with van der Waals surface area (Å²) in [4.78, 5) is 0.467. The topological polar surface area (TPSA) is 37.3 Å². The Labute approximate surface area is 103 Å². The van der Waals surface area contributed by atoms with Crippen molar-refractivity contribution in [3.05, 3.63) is 29.8 Å². The Morgan fingerprint density at radius 1 is 1.31 bits per heavy atom. The summed E-state index contributed by atoms with van der Waals surface area (Å²) in [5, 5.41) is 0. The summed E-state index contributed by atoms with van der Waals surface area (Å²) in [5.41, 5.74) is 1.21. The van der Waals surface area contributed by atoms with Gasteiger partial charge >= 0.3 is 29.6 Å². The number of hydrogen-bond donors (Lipinski definition) is 1. The minimum atomic E-state index is -1.84. The van der Waals surface area contributed by atoms with Crippen LogP contribution in [-0.4, -0.2) is 38.3 Å². The van der Waals surface area contributed by atoms with Gasteiger partial charge in [0, 0.05) is 0 Å². The molecule has 0 bridgehead atoms. The molecule has 1 aromatic carbocycles. The molecule has 1 atom stereocenters. The molecule has 68 valence electrons. The van der Waals surface area contributed by atoms with E-state index in [4.69, 9.17) is 4.55 Å². The molecule has 0 saturated heterocycles. The SMILES string of the molecule is CCCc1ccc(S(=O)O)cc1.[NaH]. The first-order chi connectivity index (χ1) is 5.74. The zero-order valence-corrected chi connectivity index (χ0v) is 7.80. The molecule has 0 aliphatic carbocycles. The summed E-state index contributed by atoms with van der Waals surface area (Å²) < 4.78 is 19.3. The van der Waals surface area contributed by atoms with Crippen molar-refractivity contribution in [2.24, 2.45) is 0 Å². The fourth-order valence-electron chi connectivity index (χ4n) is 1.06. The van der Waals surface area contributed by atoms with Gasteiger partial charge in [-0.15, -0.1) is 0 Å². The van der Waals surface area contributed by atoms with E-state index in [1.54, 1.807) is 12.1 Å². The van der Waals surface area contributed by atoms with Crippen molar-refractivity contribution in [2.45, 2.75) is 24.7 Å². The quantitative estimate of drug-likeness (QED) is 0.604. The Balaban J connectivity index is 0.00000144. The molecule has 0 heterocycles. The van der Waals surface area contributed by atoms with Gasteiger partial charge in [0.2, 0.25) is 0 Å². The van der Waals surface area contributed by atoms with Gasteiger partial charge < -0.3 is 4.55 Å². The van der Waals surface area contributed by atoms with Gasteiger partial charge in [-0.3, -0.25) is 0 Å². The molecule has 4 heteroatoms. The monoisotopic (exact) mass is 208 g/mol. The summed E-state index contributed by atoms with van der Waals surface area (Å²) in [6.07, 6.45) is 2.12. The molecule has 2 nitrogen and oxygen atoms in total. The molecule has 0 aromatic heterocycles. The first-order valence-corrected chi connectivity index (χ1v) is 5.04. The minimum absolute atomic E-state index is 0. The van der Waals surface area contributed by atoms with Crippen LogP contribution in [0.4, 0.5) is 0 Å². The third-order valence-electron chi connectivity index (χ3n) is 1.66. The standard InChI is InChI=1S/C9H12O2S.Na.H/c1-2-3-8-4-6-9(7-5-8)12(10)11;;/h4-7H,2-3H2,1H3,(H,10,11);;. The molecule has 0 radical (unpaired) electrons. The first-order valence-electron chi connectivity index (χ1n) is 3.94. The molecule has 0 saturated carbocycles. The Kier molecular flexibility index (Phi) is 6.91. The van der Waals surface area contributed by atoms with Gasteiger partial charge in [0.25, 0.3) is 0 Å². The van der Waals surface area contributed by atoms with E-state index in [1.165, 1.54) is 5.56 Å². The Hall–Kier alpha value is 0.330. The molecule has 1 N–H and O–H groups in total. The van der Waals surface area contributed by atoms with Gasteiger partial charge in [-0.2, -0.15) is 0 Å². The predicted octanol–water partition coefficient (Wildman–Crippen LogP) is 1.57. The van der Waals surface area contributed by atoms with E-state index in [0.29, 0.717) is 4.90 Å². The van der Waals surface area contributed by atoms with Crippen LogP contribution < -0.4 is 0 Å². The van der Waals surface area contributed by atoms with Crippen molar-refractivity contribution in [2.75, 3.05) is 0 Å². The Bertz CT molecular complexity index is 271. The second-order valence-corrected chi connectivity index (χ2v) is 3.61. The van der Waals surface area contributed by atoms with E-state index in [9.17, 15) is 4.21 Å². The molecule has 1 rings (SSSR count). The normalized spacial score (nSPS) is 11.8. The fourth-order valence-corrected chi connectivity index (χ4v) is 1.43. The van der Waals surface area contributed by atoms with E-state index in [2.05, 4.69) is 6.92 Å². The predicted molar refractivity (Wildman–Crippen MR) is 56.6 cm³/mol. The van der Waals surface area contributed by atoms with Crippen LogP contribution in [0.3, 0.4) is 0 Å². The Morgan fingerprint density at radius 3 is 2.23 bits per heavy atom. The molecule has 1 aromatic rings. The summed E-state index contributed by atoms with van der Waals surface area (Å²) >= 11 is -1.84. The molecule has 0 amide bonds. The Morgan fingerprint density at radius 2 is 1.85 bits per heavy atom. The average Bonchev–Trinajstić information content (AvgIpc) is 2.06. The van der Waals surface area contributed by atoms with Crippen LogP contribution in [0.5, 0.6) is 0 Å². The van der Waals surface area contributed by atoms with Gasteiger partial charge in [0.15, 0.2) is 11.1 Å². The van der Waals surface area contributed by atoms with Crippen molar-refractivity contribution < 1.29 is 8.76 Å². The fraction of sp³-hybridized carbons (Fsp3) is 0.333. The maximum atomic E-state index is 10.6. The molecule has 0 spiro atoms. The molecule has 0 fully saturated rings. The van der Waals surface area contributed by atoms with E-state index in [0.717, 1.165) is 12.8 Å². The van der Waals surface area contributed by atoms with Gasteiger partial charge in [-0.25, -0.2) is 4.21 Å². The van der Waals surface area contributed by atoms with Crippen molar-refractivity contribution >= 4 is 40.6 Å². The van der Waals surface area contributed by atoms with Crippen LogP contribution >= 0.6 is 0 Å². The maximum absolute atomic E-state index is 10.6. The van der Waals surface area contributed by atoms with E-state index in [1.807, 2.05) is 12.1 Å². The zero-order chi connectivity index (χ0) is 8.97. The summed E-state index contributed by atoms with van der Waals surface area (Å²) in [6, 6.07) is 7.18. The van der Waals surface area contributed by atoms with Crippen LogP contribution in [0.2, 0.25) is 0 Å². The van der Waals surface area contributed by atoms with Crippen molar-refractivity contribution in [1.82, 2.24) is 0 Å². The van der Waals surface area contributed by atoms with E-state index >= 15 is 0 Å². The number of hydrogen-bond acceptors (Lipinski definition) is 1. The van der Waals surface area contributed by atoms with Gasteiger partial charge in [0.05, 0.1) is 4.90 Å². The summed E-state index contributed by atoms with van der Waals surface area (Å²) in [6.45, 7) is 2.11.